The predicted molar refractivity (Wildman–Crippen MR) is 90.8 cm³/mol. The molecule has 0 unspecified atom stereocenters. The Hall–Kier alpha value is -2.04. The molecule has 3 aromatic carbocycles. The van der Waals surface area contributed by atoms with Crippen LogP contribution in [0.5, 0.6) is 0 Å². The van der Waals surface area contributed by atoms with E-state index in [9.17, 15) is 25.9 Å². The Bertz CT molecular complexity index is 1170. The van der Waals surface area contributed by atoms with E-state index in [0.29, 0.717) is 10.8 Å². The van der Waals surface area contributed by atoms with Gasteiger partial charge in [-0.1, -0.05) is 24.3 Å². The van der Waals surface area contributed by atoms with Crippen LogP contribution in [-0.2, 0) is 20.2 Å². The largest absolute Gasteiger partial charge is 0.344 e. The summed E-state index contributed by atoms with van der Waals surface area (Å²) in [7, 11) is -9.70. The molecule has 0 atom stereocenters. The second-order valence-electron chi connectivity index (χ2n) is 5.22. The van der Waals surface area contributed by atoms with Crippen molar-refractivity contribution in [1.82, 2.24) is 6.15 Å². The van der Waals surface area contributed by atoms with Crippen LogP contribution >= 0.6 is 0 Å². The molecule has 0 fully saturated rings. The van der Waals surface area contributed by atoms with Crippen molar-refractivity contribution in [1.29, 1.82) is 0 Å². The van der Waals surface area contributed by atoms with Gasteiger partial charge in [-0.05, 0) is 46.8 Å². The van der Waals surface area contributed by atoms with Gasteiger partial charge in [-0.15, -0.1) is 0 Å². The number of hydrogen-bond acceptors (Lipinski definition) is 5. The molecule has 3 rings (SSSR count). The molecule has 0 saturated heterocycles. The van der Waals surface area contributed by atoms with Crippen molar-refractivity contribution in [3.63, 3.8) is 0 Å². The molecule has 9 heteroatoms. The first kappa shape index (κ1) is 18.3. The standard InChI is InChI=1S/C15H12O6S2.H3N/c1-9-6-12-7-10-4-2-3-5-11(10)8-13(12)15(23(19,20)21)14(9)22(16,17)18;/h2-8H,1H3,(H,16,17,18)(H,19,20,21);1H3. The minimum atomic E-state index is -4.87. The molecule has 3 aromatic rings. The summed E-state index contributed by atoms with van der Waals surface area (Å²) in [6, 6.07) is 11.8. The maximum atomic E-state index is 11.8. The SMILES string of the molecule is Cc1cc2cc3ccccc3cc2c(S(=O)(=O)O)c1S(=O)(=O)O.N. The Morgan fingerprint density at radius 3 is 1.75 bits per heavy atom. The van der Waals surface area contributed by atoms with Crippen LogP contribution in [-0.4, -0.2) is 25.9 Å². The van der Waals surface area contributed by atoms with E-state index in [1.807, 2.05) is 12.1 Å². The van der Waals surface area contributed by atoms with Crippen molar-refractivity contribution < 1.29 is 25.9 Å². The lowest BCUT2D eigenvalue weighted by Gasteiger charge is -2.13. The van der Waals surface area contributed by atoms with Crippen LogP contribution in [0.15, 0.2) is 52.3 Å². The Morgan fingerprint density at radius 1 is 0.750 bits per heavy atom. The molecule has 7 nitrogen and oxygen atoms in total. The normalized spacial score (nSPS) is 12.3. The third kappa shape index (κ3) is 2.99. The van der Waals surface area contributed by atoms with Crippen molar-refractivity contribution in [3.8, 4) is 0 Å². The molecule has 0 spiro atoms. The highest BCUT2D eigenvalue weighted by molar-refractivity contribution is 7.89. The number of aryl methyl sites for hydroxylation is 1. The highest BCUT2D eigenvalue weighted by atomic mass is 32.2. The molecule has 0 amide bonds. The number of fused-ring (bicyclic) bond motifs is 2. The summed E-state index contributed by atoms with van der Waals surface area (Å²) in [6.45, 7) is 1.35. The van der Waals surface area contributed by atoms with E-state index in [1.165, 1.54) is 19.1 Å². The van der Waals surface area contributed by atoms with Crippen molar-refractivity contribution >= 4 is 41.8 Å². The van der Waals surface area contributed by atoms with E-state index in [4.69, 9.17) is 0 Å². The first-order chi connectivity index (χ1) is 10.6. The Labute approximate surface area is 139 Å². The molecule has 0 saturated carbocycles. The van der Waals surface area contributed by atoms with Crippen LogP contribution < -0.4 is 6.15 Å². The maximum absolute atomic E-state index is 11.8. The lowest BCUT2D eigenvalue weighted by atomic mass is 10.0. The van der Waals surface area contributed by atoms with Crippen LogP contribution in [0.2, 0.25) is 0 Å². The minimum Gasteiger partial charge on any atom is -0.344 e. The molecule has 24 heavy (non-hydrogen) atoms. The summed E-state index contributed by atoms with van der Waals surface area (Å²) in [4.78, 5) is -1.61. The topological polar surface area (TPSA) is 144 Å². The van der Waals surface area contributed by atoms with E-state index in [2.05, 4.69) is 0 Å². The zero-order valence-corrected chi connectivity index (χ0v) is 14.2. The van der Waals surface area contributed by atoms with Gasteiger partial charge in [0.2, 0.25) is 0 Å². The van der Waals surface area contributed by atoms with Crippen LogP contribution in [0, 0.1) is 6.92 Å². The zero-order chi connectivity index (χ0) is 17.0. The quantitative estimate of drug-likeness (QED) is 0.465. The summed E-state index contributed by atoms with van der Waals surface area (Å²) in [6.07, 6.45) is 0. The number of benzene rings is 3. The van der Waals surface area contributed by atoms with Crippen molar-refractivity contribution in [2.45, 2.75) is 16.7 Å². The Balaban J connectivity index is 0.00000208. The molecular weight excluding hydrogens is 354 g/mol. The molecule has 0 aliphatic heterocycles. The highest BCUT2D eigenvalue weighted by Gasteiger charge is 2.29. The van der Waals surface area contributed by atoms with Crippen molar-refractivity contribution in [3.05, 3.63) is 48.0 Å². The molecule has 0 heterocycles. The van der Waals surface area contributed by atoms with Crippen molar-refractivity contribution in [2.75, 3.05) is 0 Å². The summed E-state index contributed by atoms with van der Waals surface area (Å²) < 4.78 is 65.7. The first-order valence-electron chi connectivity index (χ1n) is 6.50. The fraction of sp³-hybridized carbons (Fsp3) is 0.0667. The average molecular weight is 369 g/mol. The smallest absolute Gasteiger partial charge is 0.296 e. The van der Waals surface area contributed by atoms with Gasteiger partial charge in [0.1, 0.15) is 9.79 Å². The Kier molecular flexibility index (Phi) is 4.42. The summed E-state index contributed by atoms with van der Waals surface area (Å²) in [5.74, 6) is 0. The van der Waals surface area contributed by atoms with E-state index in [1.54, 1.807) is 18.2 Å². The van der Waals surface area contributed by atoms with Gasteiger partial charge in [-0.3, -0.25) is 9.11 Å². The van der Waals surface area contributed by atoms with Gasteiger partial charge < -0.3 is 6.15 Å². The van der Waals surface area contributed by atoms with Gasteiger partial charge in [0, 0.05) is 5.39 Å². The van der Waals surface area contributed by atoms with Gasteiger partial charge in [0.15, 0.2) is 0 Å². The third-order valence-corrected chi connectivity index (χ3v) is 5.73. The van der Waals surface area contributed by atoms with Crippen LogP contribution in [0.1, 0.15) is 5.56 Å². The summed E-state index contributed by atoms with van der Waals surface area (Å²) in [5, 5.41) is 1.99. The molecular formula is C15H15NO6S2. The first-order valence-corrected chi connectivity index (χ1v) is 9.38. The molecule has 0 bridgehead atoms. The average Bonchev–Trinajstić information content (AvgIpc) is 2.41. The van der Waals surface area contributed by atoms with Crippen LogP contribution in [0.3, 0.4) is 0 Å². The molecule has 5 N–H and O–H groups in total. The minimum absolute atomic E-state index is 0. The van der Waals surface area contributed by atoms with Gasteiger partial charge in [-0.25, -0.2) is 0 Å². The van der Waals surface area contributed by atoms with Gasteiger partial charge >= 0.3 is 0 Å². The van der Waals surface area contributed by atoms with Gasteiger partial charge in [-0.2, -0.15) is 16.8 Å². The van der Waals surface area contributed by atoms with Crippen LogP contribution in [0.25, 0.3) is 21.5 Å². The summed E-state index contributed by atoms with van der Waals surface area (Å²) in [5.41, 5.74) is 0.0305. The molecule has 0 aliphatic rings. The Morgan fingerprint density at radius 2 is 1.25 bits per heavy atom. The fourth-order valence-electron chi connectivity index (χ4n) is 2.75. The molecule has 0 radical (unpaired) electrons. The van der Waals surface area contributed by atoms with Crippen LogP contribution in [0.4, 0.5) is 0 Å². The monoisotopic (exact) mass is 369 g/mol. The van der Waals surface area contributed by atoms with E-state index >= 15 is 0 Å². The number of hydrogen-bond donors (Lipinski definition) is 3. The third-order valence-electron chi connectivity index (χ3n) is 3.61. The molecule has 0 aliphatic carbocycles. The molecule has 0 aromatic heterocycles. The van der Waals surface area contributed by atoms with E-state index in [0.717, 1.165) is 5.39 Å². The lowest BCUT2D eigenvalue weighted by Crippen LogP contribution is -2.11. The molecule has 128 valence electrons. The van der Waals surface area contributed by atoms with Crippen molar-refractivity contribution in [2.24, 2.45) is 0 Å². The zero-order valence-electron chi connectivity index (χ0n) is 12.6. The van der Waals surface area contributed by atoms with E-state index < -0.39 is 30.0 Å². The predicted octanol–water partition coefficient (Wildman–Crippen LogP) is 2.96. The highest BCUT2D eigenvalue weighted by Crippen LogP contribution is 2.35. The fourth-order valence-corrected chi connectivity index (χ4v) is 5.04. The maximum Gasteiger partial charge on any atom is 0.296 e. The number of rotatable bonds is 2. The second-order valence-corrected chi connectivity index (χ2v) is 7.94. The lowest BCUT2D eigenvalue weighted by molar-refractivity contribution is 0.467. The second kappa shape index (κ2) is 5.80. The van der Waals surface area contributed by atoms with E-state index in [-0.39, 0.29) is 17.1 Å². The van der Waals surface area contributed by atoms with Gasteiger partial charge in [0.25, 0.3) is 20.2 Å². The van der Waals surface area contributed by atoms with Gasteiger partial charge in [0.05, 0.1) is 0 Å². The summed E-state index contributed by atoms with van der Waals surface area (Å²) >= 11 is 0.